The fraction of sp³-hybridized carbons (Fsp3) is 0.0500. The van der Waals surface area contributed by atoms with Crippen LogP contribution >= 0.6 is 0 Å². The molecule has 0 spiro atoms. The second kappa shape index (κ2) is 8.50. The lowest BCUT2D eigenvalue weighted by Crippen LogP contribution is -2.28. The molecule has 202 valence electrons. The third-order valence-corrected chi connectivity index (χ3v) is 9.48. The lowest BCUT2D eigenvalue weighted by atomic mass is 9.90. The maximum Gasteiger partial charge on any atom is 0.137 e. The van der Waals surface area contributed by atoms with E-state index in [0.717, 1.165) is 27.6 Å². The van der Waals surface area contributed by atoms with E-state index >= 15 is 0 Å². The Morgan fingerprint density at radius 3 is 2.30 bits per heavy atom. The van der Waals surface area contributed by atoms with Gasteiger partial charge in [0.15, 0.2) is 0 Å². The first-order valence-corrected chi connectivity index (χ1v) is 14.9. The lowest BCUT2D eigenvalue weighted by Gasteiger charge is -2.28. The van der Waals surface area contributed by atoms with Crippen LogP contribution in [0.5, 0.6) is 0 Å². The van der Waals surface area contributed by atoms with Gasteiger partial charge in [0.25, 0.3) is 0 Å². The predicted octanol–water partition coefficient (Wildman–Crippen LogP) is 10.6. The number of hydrogen-bond donors (Lipinski definition) is 0. The number of allylic oxidation sites excluding steroid dienone is 2. The van der Waals surface area contributed by atoms with Crippen molar-refractivity contribution < 1.29 is 4.42 Å². The van der Waals surface area contributed by atoms with Gasteiger partial charge in [-0.2, -0.15) is 0 Å². The molecule has 1 aliphatic carbocycles. The lowest BCUT2D eigenvalue weighted by molar-refractivity contribution is 0.669. The first-order chi connectivity index (χ1) is 21.3. The summed E-state index contributed by atoms with van der Waals surface area (Å²) in [4.78, 5) is 2.54. The highest BCUT2D eigenvalue weighted by molar-refractivity contribution is 6.16. The molecule has 0 saturated carbocycles. The van der Waals surface area contributed by atoms with E-state index in [9.17, 15) is 0 Å². The van der Waals surface area contributed by atoms with Gasteiger partial charge in [0.05, 0.1) is 28.1 Å². The molecule has 6 aromatic carbocycles. The zero-order chi connectivity index (χ0) is 28.1. The van der Waals surface area contributed by atoms with Crippen LogP contribution in [0.2, 0.25) is 0 Å². The van der Waals surface area contributed by atoms with E-state index in [-0.39, 0.29) is 12.0 Å². The Kier molecular flexibility index (Phi) is 4.56. The molecule has 1 aliphatic heterocycles. The number of furan rings is 1. The molecule has 0 radical (unpaired) electrons. The maximum atomic E-state index is 6.36. The zero-order valence-electron chi connectivity index (χ0n) is 23.3. The molecule has 3 heterocycles. The molecule has 0 saturated heterocycles. The van der Waals surface area contributed by atoms with E-state index in [1.807, 2.05) is 6.07 Å². The monoisotopic (exact) mass is 550 g/mol. The Morgan fingerprint density at radius 1 is 0.558 bits per heavy atom. The second-order valence-corrected chi connectivity index (χ2v) is 11.7. The molecular formula is C40H26N2O. The van der Waals surface area contributed by atoms with Crippen molar-refractivity contribution in [3.63, 3.8) is 0 Å². The molecule has 10 rings (SSSR count). The van der Waals surface area contributed by atoms with Gasteiger partial charge in [0.2, 0.25) is 0 Å². The average Bonchev–Trinajstić information content (AvgIpc) is 3.72. The van der Waals surface area contributed by atoms with Crippen molar-refractivity contribution in [2.75, 3.05) is 4.90 Å². The van der Waals surface area contributed by atoms with Crippen molar-refractivity contribution in [3.05, 3.63) is 151 Å². The van der Waals surface area contributed by atoms with Crippen molar-refractivity contribution in [3.8, 4) is 5.69 Å². The van der Waals surface area contributed by atoms with E-state index in [0.29, 0.717) is 0 Å². The molecule has 0 fully saturated rings. The average molecular weight is 551 g/mol. The molecule has 8 aromatic rings. The molecular weight excluding hydrogens is 524 g/mol. The van der Waals surface area contributed by atoms with Crippen molar-refractivity contribution in [2.45, 2.75) is 12.0 Å². The summed E-state index contributed by atoms with van der Waals surface area (Å²) >= 11 is 0. The third-order valence-electron chi connectivity index (χ3n) is 9.48. The summed E-state index contributed by atoms with van der Waals surface area (Å²) in [5.74, 6) is 0.221. The van der Waals surface area contributed by atoms with Gasteiger partial charge in [-0.1, -0.05) is 103 Å². The van der Waals surface area contributed by atoms with Crippen LogP contribution in [0.4, 0.5) is 11.4 Å². The van der Waals surface area contributed by atoms with Crippen molar-refractivity contribution in [1.82, 2.24) is 4.57 Å². The van der Waals surface area contributed by atoms with Gasteiger partial charge < -0.3 is 13.9 Å². The molecule has 2 unspecified atom stereocenters. The summed E-state index contributed by atoms with van der Waals surface area (Å²) in [6.07, 6.45) is 9.17. The van der Waals surface area contributed by atoms with Gasteiger partial charge in [0.1, 0.15) is 11.2 Å². The van der Waals surface area contributed by atoms with Crippen LogP contribution in [0.1, 0.15) is 11.5 Å². The molecule has 2 aromatic heterocycles. The minimum absolute atomic E-state index is 0.198. The fourth-order valence-electron chi connectivity index (χ4n) is 7.71. The number of para-hydroxylation sites is 2. The van der Waals surface area contributed by atoms with Crippen LogP contribution < -0.4 is 4.90 Å². The molecule has 2 atom stereocenters. The SMILES string of the molecule is C1=CC2c3c(ccc4c5ccccc5n(-c5cccc6oc7ccccc7c56)c34)N(c3ccc4ccccc4c3)C2C=C1. The highest BCUT2D eigenvalue weighted by Crippen LogP contribution is 2.52. The number of fused-ring (bicyclic) bond motifs is 11. The standard InChI is InChI=1S/C40H26N2O/c1-2-11-26-24-27(21-20-25(26)10-1)41-33-16-7-4-13-30(33)39-35(41)23-22-29-28-12-3-6-15-32(28)42(40(29)39)34-17-9-19-37-38(34)31-14-5-8-18-36(31)43-37/h1-24,30,33H. The Balaban J connectivity index is 1.33. The zero-order valence-corrected chi connectivity index (χ0v) is 23.3. The van der Waals surface area contributed by atoms with Crippen molar-refractivity contribution >= 4 is 65.9 Å². The van der Waals surface area contributed by atoms with Crippen LogP contribution in [0.25, 0.3) is 60.2 Å². The summed E-state index contributed by atoms with van der Waals surface area (Å²) in [6.45, 7) is 0. The first kappa shape index (κ1) is 23.1. The summed E-state index contributed by atoms with van der Waals surface area (Å²) in [7, 11) is 0. The van der Waals surface area contributed by atoms with Gasteiger partial charge in [-0.3, -0.25) is 0 Å². The Labute approximate surface area is 248 Å². The van der Waals surface area contributed by atoms with Gasteiger partial charge in [-0.05, 0) is 53.2 Å². The summed E-state index contributed by atoms with van der Waals surface area (Å²) in [6, 6.07) is 44.0. The Hall–Kier alpha value is -5.54. The number of benzene rings is 6. The van der Waals surface area contributed by atoms with Crippen molar-refractivity contribution in [1.29, 1.82) is 0 Å². The molecule has 3 heteroatoms. The molecule has 43 heavy (non-hydrogen) atoms. The van der Waals surface area contributed by atoms with E-state index in [1.54, 1.807) is 0 Å². The minimum atomic E-state index is 0.198. The molecule has 3 nitrogen and oxygen atoms in total. The van der Waals surface area contributed by atoms with Gasteiger partial charge in [-0.15, -0.1) is 0 Å². The Morgan fingerprint density at radius 2 is 1.35 bits per heavy atom. The van der Waals surface area contributed by atoms with Gasteiger partial charge >= 0.3 is 0 Å². The number of aromatic nitrogens is 1. The summed E-state index contributed by atoms with van der Waals surface area (Å²) < 4.78 is 8.86. The van der Waals surface area contributed by atoms with Gasteiger partial charge in [-0.25, -0.2) is 0 Å². The number of hydrogen-bond acceptors (Lipinski definition) is 2. The highest BCUT2D eigenvalue weighted by Gasteiger charge is 2.40. The minimum Gasteiger partial charge on any atom is -0.456 e. The smallest absolute Gasteiger partial charge is 0.137 e. The van der Waals surface area contributed by atoms with E-state index < -0.39 is 0 Å². The molecule has 0 amide bonds. The van der Waals surface area contributed by atoms with Crippen LogP contribution in [0.15, 0.2) is 150 Å². The van der Waals surface area contributed by atoms with Crippen LogP contribution in [-0.4, -0.2) is 10.6 Å². The van der Waals surface area contributed by atoms with Crippen LogP contribution in [0.3, 0.4) is 0 Å². The highest BCUT2D eigenvalue weighted by atomic mass is 16.3. The third kappa shape index (κ3) is 3.09. The van der Waals surface area contributed by atoms with E-state index in [1.165, 1.54) is 49.5 Å². The number of rotatable bonds is 2. The quantitative estimate of drug-likeness (QED) is 0.213. The van der Waals surface area contributed by atoms with Crippen LogP contribution in [-0.2, 0) is 0 Å². The summed E-state index contributed by atoms with van der Waals surface area (Å²) in [5, 5.41) is 7.36. The number of nitrogens with zero attached hydrogens (tertiary/aromatic N) is 2. The Bertz CT molecular complexity index is 2490. The van der Waals surface area contributed by atoms with Crippen molar-refractivity contribution in [2.24, 2.45) is 0 Å². The van der Waals surface area contributed by atoms with Crippen LogP contribution in [0, 0.1) is 0 Å². The van der Waals surface area contributed by atoms with Gasteiger partial charge in [0, 0.05) is 39.0 Å². The molecule has 0 bridgehead atoms. The first-order valence-electron chi connectivity index (χ1n) is 14.9. The fourth-order valence-corrected chi connectivity index (χ4v) is 7.71. The largest absolute Gasteiger partial charge is 0.456 e. The second-order valence-electron chi connectivity index (χ2n) is 11.7. The predicted molar refractivity (Wildman–Crippen MR) is 179 cm³/mol. The molecule has 0 N–H and O–H groups in total. The van der Waals surface area contributed by atoms with E-state index in [4.69, 9.17) is 4.42 Å². The maximum absolute atomic E-state index is 6.36. The number of anilines is 2. The normalized spacial score (nSPS) is 17.5. The molecule has 2 aliphatic rings. The van der Waals surface area contributed by atoms with E-state index in [2.05, 4.69) is 149 Å². The topological polar surface area (TPSA) is 21.3 Å². The summed E-state index contributed by atoms with van der Waals surface area (Å²) in [5.41, 5.74) is 9.32.